The van der Waals surface area contributed by atoms with Crippen molar-refractivity contribution in [3.05, 3.63) is 53.1 Å². The summed E-state index contributed by atoms with van der Waals surface area (Å²) in [7, 11) is 1.66. The van der Waals surface area contributed by atoms with Gasteiger partial charge in [-0.2, -0.15) is 5.26 Å². The van der Waals surface area contributed by atoms with Crippen LogP contribution in [0.2, 0.25) is 5.02 Å². The minimum Gasteiger partial charge on any atom is -0.332 e. The Kier molecular flexibility index (Phi) is 4.01. The summed E-state index contributed by atoms with van der Waals surface area (Å²) < 4.78 is 1.52. The SMILES string of the molecule is Cn1ccnc1C(=O)C(C#N)C(=O)C1CC1c1ccc(Cl)cc1. The van der Waals surface area contributed by atoms with Crippen molar-refractivity contribution < 1.29 is 9.59 Å². The number of hydrogen-bond acceptors (Lipinski definition) is 4. The lowest BCUT2D eigenvalue weighted by molar-refractivity contribution is -0.121. The lowest BCUT2D eigenvalue weighted by atomic mass is 9.94. The molecule has 0 saturated heterocycles. The Morgan fingerprint density at radius 1 is 1.39 bits per heavy atom. The van der Waals surface area contributed by atoms with Crippen molar-refractivity contribution in [1.82, 2.24) is 9.55 Å². The monoisotopic (exact) mass is 327 g/mol. The van der Waals surface area contributed by atoms with E-state index in [1.165, 1.54) is 10.8 Å². The Bertz CT molecular complexity index is 804. The molecule has 3 unspecified atom stereocenters. The van der Waals surface area contributed by atoms with E-state index in [4.69, 9.17) is 11.6 Å². The van der Waals surface area contributed by atoms with Gasteiger partial charge in [-0.1, -0.05) is 23.7 Å². The molecule has 1 aliphatic rings. The number of nitriles is 1. The lowest BCUT2D eigenvalue weighted by Gasteiger charge is -2.07. The van der Waals surface area contributed by atoms with Gasteiger partial charge >= 0.3 is 0 Å². The normalized spacial score (nSPS) is 20.6. The minimum atomic E-state index is -1.29. The van der Waals surface area contributed by atoms with Gasteiger partial charge in [-0.25, -0.2) is 4.98 Å². The van der Waals surface area contributed by atoms with Gasteiger partial charge in [0, 0.05) is 30.4 Å². The van der Waals surface area contributed by atoms with Gasteiger partial charge in [0.1, 0.15) is 0 Å². The number of imidazole rings is 1. The molecular weight excluding hydrogens is 314 g/mol. The van der Waals surface area contributed by atoms with Gasteiger partial charge in [0.05, 0.1) is 6.07 Å². The second-order valence-corrected chi connectivity index (χ2v) is 6.13. The highest BCUT2D eigenvalue weighted by Crippen LogP contribution is 2.49. The van der Waals surface area contributed by atoms with E-state index in [9.17, 15) is 14.9 Å². The molecule has 0 bridgehead atoms. The first kappa shape index (κ1) is 15.4. The fourth-order valence-corrected chi connectivity index (χ4v) is 2.91. The summed E-state index contributed by atoms with van der Waals surface area (Å²) in [5, 5.41) is 9.92. The summed E-state index contributed by atoms with van der Waals surface area (Å²) in [6.07, 6.45) is 3.74. The number of hydrogen-bond donors (Lipinski definition) is 0. The molecule has 0 spiro atoms. The molecule has 5 nitrogen and oxygen atoms in total. The molecule has 1 fully saturated rings. The van der Waals surface area contributed by atoms with Crippen molar-refractivity contribution in [1.29, 1.82) is 5.26 Å². The van der Waals surface area contributed by atoms with Crippen LogP contribution in [0.4, 0.5) is 0 Å². The van der Waals surface area contributed by atoms with E-state index < -0.39 is 11.7 Å². The Morgan fingerprint density at radius 3 is 2.65 bits per heavy atom. The zero-order valence-corrected chi connectivity index (χ0v) is 13.2. The van der Waals surface area contributed by atoms with Crippen molar-refractivity contribution in [2.24, 2.45) is 18.9 Å². The quantitative estimate of drug-likeness (QED) is 0.625. The highest BCUT2D eigenvalue weighted by atomic mass is 35.5. The highest BCUT2D eigenvalue weighted by molar-refractivity contribution is 6.30. The number of rotatable bonds is 5. The predicted molar refractivity (Wildman–Crippen MR) is 83.9 cm³/mol. The third kappa shape index (κ3) is 2.90. The second kappa shape index (κ2) is 5.98. The Balaban J connectivity index is 1.75. The molecule has 116 valence electrons. The van der Waals surface area contributed by atoms with Crippen LogP contribution in [0, 0.1) is 23.2 Å². The first-order valence-electron chi connectivity index (χ1n) is 7.23. The smallest absolute Gasteiger partial charge is 0.222 e. The first-order valence-corrected chi connectivity index (χ1v) is 7.61. The average molecular weight is 328 g/mol. The number of nitrogens with zero attached hydrogens (tertiary/aromatic N) is 3. The molecule has 6 heteroatoms. The number of ketones is 2. The van der Waals surface area contributed by atoms with Crippen LogP contribution >= 0.6 is 11.6 Å². The standard InChI is InChI=1S/C17H14ClN3O2/c1-21-7-6-20-17(21)16(23)14(9-19)15(22)13-8-12(13)10-2-4-11(18)5-3-10/h2-7,12-14H,8H2,1H3. The average Bonchev–Trinajstić information content (AvgIpc) is 3.22. The van der Waals surface area contributed by atoms with Crippen LogP contribution in [0.5, 0.6) is 0 Å². The molecule has 3 rings (SSSR count). The molecule has 1 aliphatic carbocycles. The van der Waals surface area contributed by atoms with E-state index in [0.29, 0.717) is 11.4 Å². The van der Waals surface area contributed by atoms with Crippen molar-refractivity contribution in [2.45, 2.75) is 12.3 Å². The van der Waals surface area contributed by atoms with Crippen LogP contribution in [-0.2, 0) is 11.8 Å². The summed E-state index contributed by atoms with van der Waals surface area (Å²) in [5.74, 6) is -2.24. The second-order valence-electron chi connectivity index (χ2n) is 5.69. The molecule has 0 amide bonds. The highest BCUT2D eigenvalue weighted by Gasteiger charge is 2.48. The van der Waals surface area contributed by atoms with Gasteiger partial charge in [-0.3, -0.25) is 9.59 Å². The number of aromatic nitrogens is 2. The van der Waals surface area contributed by atoms with Crippen molar-refractivity contribution in [3.8, 4) is 6.07 Å². The molecule has 1 saturated carbocycles. The maximum atomic E-state index is 12.5. The molecule has 0 radical (unpaired) electrons. The van der Waals surface area contributed by atoms with Crippen LogP contribution < -0.4 is 0 Å². The molecule has 0 aliphatic heterocycles. The molecule has 1 aromatic heterocycles. The number of benzene rings is 1. The van der Waals surface area contributed by atoms with E-state index in [2.05, 4.69) is 4.98 Å². The molecule has 23 heavy (non-hydrogen) atoms. The fourth-order valence-electron chi connectivity index (χ4n) is 2.79. The number of halogens is 1. The van der Waals surface area contributed by atoms with Gasteiger partial charge in [0.2, 0.25) is 5.78 Å². The Morgan fingerprint density at radius 2 is 2.09 bits per heavy atom. The van der Waals surface area contributed by atoms with E-state index in [1.54, 1.807) is 25.4 Å². The van der Waals surface area contributed by atoms with Crippen molar-refractivity contribution in [2.75, 3.05) is 0 Å². The summed E-state index contributed by atoms with van der Waals surface area (Å²) in [4.78, 5) is 28.8. The maximum Gasteiger partial charge on any atom is 0.222 e. The third-order valence-electron chi connectivity index (χ3n) is 4.17. The van der Waals surface area contributed by atoms with Crippen molar-refractivity contribution >= 4 is 23.2 Å². The third-order valence-corrected chi connectivity index (χ3v) is 4.42. The van der Waals surface area contributed by atoms with Gasteiger partial charge < -0.3 is 4.57 Å². The van der Waals surface area contributed by atoms with E-state index >= 15 is 0 Å². The van der Waals surface area contributed by atoms with Crippen LogP contribution in [0.1, 0.15) is 28.5 Å². The summed E-state index contributed by atoms with van der Waals surface area (Å²) >= 11 is 5.86. The maximum absolute atomic E-state index is 12.5. The van der Waals surface area contributed by atoms with Crippen LogP contribution in [0.3, 0.4) is 0 Å². The summed E-state index contributed by atoms with van der Waals surface area (Å²) in [6, 6.07) is 9.15. The number of carbonyl (C=O) groups excluding carboxylic acids is 2. The molecular formula is C17H14ClN3O2. The predicted octanol–water partition coefficient (Wildman–Crippen LogP) is 2.77. The molecule has 3 atom stereocenters. The number of carbonyl (C=O) groups is 2. The molecule has 2 aromatic rings. The summed E-state index contributed by atoms with van der Waals surface area (Å²) in [6.45, 7) is 0. The van der Waals surface area contributed by atoms with Gasteiger partial charge in [0.15, 0.2) is 17.5 Å². The summed E-state index contributed by atoms with van der Waals surface area (Å²) in [5.41, 5.74) is 1.01. The van der Waals surface area contributed by atoms with Gasteiger partial charge in [-0.05, 0) is 30.0 Å². The zero-order chi connectivity index (χ0) is 16.6. The zero-order valence-electron chi connectivity index (χ0n) is 12.4. The van der Waals surface area contributed by atoms with E-state index in [0.717, 1.165) is 5.56 Å². The Labute approximate surface area is 138 Å². The van der Waals surface area contributed by atoms with Crippen molar-refractivity contribution in [3.63, 3.8) is 0 Å². The minimum absolute atomic E-state index is 0.0600. The van der Waals surface area contributed by atoms with E-state index in [-0.39, 0.29) is 23.4 Å². The number of aryl methyl sites for hydroxylation is 1. The first-order chi connectivity index (χ1) is 11.0. The van der Waals surface area contributed by atoms with Crippen LogP contribution in [-0.4, -0.2) is 21.1 Å². The van der Waals surface area contributed by atoms with Crippen LogP contribution in [0.25, 0.3) is 0 Å². The molecule has 1 aromatic carbocycles. The van der Waals surface area contributed by atoms with Crippen LogP contribution in [0.15, 0.2) is 36.7 Å². The van der Waals surface area contributed by atoms with Gasteiger partial charge in [0.25, 0.3) is 0 Å². The largest absolute Gasteiger partial charge is 0.332 e. The van der Waals surface area contributed by atoms with E-state index in [1.807, 2.05) is 18.2 Å². The fraction of sp³-hybridized carbons (Fsp3) is 0.294. The lowest BCUT2D eigenvalue weighted by Crippen LogP contribution is -2.26. The molecule has 1 heterocycles. The molecule has 0 N–H and O–H groups in total. The van der Waals surface area contributed by atoms with Gasteiger partial charge in [-0.15, -0.1) is 0 Å². The number of Topliss-reactive ketones (excluding diaryl/α,β-unsaturated/α-hetero) is 2. The topological polar surface area (TPSA) is 75.8 Å². The Hall–Kier alpha value is -2.45.